The van der Waals surface area contributed by atoms with Crippen molar-refractivity contribution in [1.29, 1.82) is 0 Å². The standard InChI is InChI=1S/C25H28BF6N2O3Si/c1-22(2)23(3,4)37-26(36-22)17-9-15(34-13-25(30,31)32)11-19-20(17)21(35-26)16-8-7-14(33-12-24(27,28)29)10-18(16)38(19,5)6/h7-11,34H,12-13H2,1-6H3/q-1. The molecule has 0 radical (unpaired) electrons. The minimum Gasteiger partial charge on any atom is -0.666 e. The van der Waals surface area contributed by atoms with Crippen molar-refractivity contribution in [3.05, 3.63) is 46.7 Å². The molecule has 1 saturated heterocycles. The number of anilines is 1. The van der Waals surface area contributed by atoms with Crippen LogP contribution < -0.4 is 16.0 Å². The van der Waals surface area contributed by atoms with Gasteiger partial charge in [-0.05, 0) is 67.9 Å². The molecule has 3 heterocycles. The quantitative estimate of drug-likeness (QED) is 0.414. The number of rotatable bonds is 3. The summed E-state index contributed by atoms with van der Waals surface area (Å²) in [6.45, 7) is 6.32. The van der Waals surface area contributed by atoms with Crippen molar-refractivity contribution >= 4 is 42.6 Å². The Balaban J connectivity index is 1.71. The van der Waals surface area contributed by atoms with E-state index in [1.807, 2.05) is 40.8 Å². The van der Waals surface area contributed by atoms with Gasteiger partial charge in [0.1, 0.15) is 21.2 Å². The first-order valence-corrected chi connectivity index (χ1v) is 15.2. The Hall–Kier alpha value is -2.51. The molecule has 1 aromatic rings. The zero-order chi connectivity index (χ0) is 28.1. The number of fused-ring (bicyclic) bond motifs is 2. The molecule has 5 nitrogen and oxygen atoms in total. The fourth-order valence-corrected chi connectivity index (χ4v) is 8.47. The van der Waals surface area contributed by atoms with Crippen molar-refractivity contribution in [2.24, 2.45) is 4.99 Å². The largest absolute Gasteiger partial charge is 0.666 e. The van der Waals surface area contributed by atoms with Crippen molar-refractivity contribution in [2.75, 3.05) is 18.4 Å². The van der Waals surface area contributed by atoms with Crippen LogP contribution in [0, 0.1) is 0 Å². The molecule has 1 spiro atoms. The van der Waals surface area contributed by atoms with E-state index in [1.54, 1.807) is 24.3 Å². The van der Waals surface area contributed by atoms with Gasteiger partial charge in [0.2, 0.25) is 0 Å². The van der Waals surface area contributed by atoms with Crippen LogP contribution in [0.3, 0.4) is 0 Å². The molecule has 0 bridgehead atoms. The molecule has 5 rings (SSSR count). The maximum Gasteiger partial charge on any atom is 0.467 e. The third-order valence-electron chi connectivity index (χ3n) is 7.93. The fourth-order valence-electron chi connectivity index (χ4n) is 5.40. The summed E-state index contributed by atoms with van der Waals surface area (Å²) < 4.78 is 97.2. The first kappa shape index (κ1) is 27.1. The molecule has 1 N–H and O–H groups in total. The summed E-state index contributed by atoms with van der Waals surface area (Å²) in [5, 5.41) is 4.02. The Labute approximate surface area is 217 Å². The van der Waals surface area contributed by atoms with Crippen LogP contribution in [0.2, 0.25) is 13.1 Å². The van der Waals surface area contributed by atoms with Crippen LogP contribution in [-0.4, -0.2) is 57.2 Å². The lowest BCUT2D eigenvalue weighted by molar-refractivity contribution is -0.118. The van der Waals surface area contributed by atoms with Crippen LogP contribution >= 0.6 is 0 Å². The first-order chi connectivity index (χ1) is 17.2. The van der Waals surface area contributed by atoms with Crippen molar-refractivity contribution in [1.82, 2.24) is 0 Å². The van der Waals surface area contributed by atoms with Crippen molar-refractivity contribution in [2.45, 2.75) is 64.3 Å². The van der Waals surface area contributed by atoms with Crippen LogP contribution in [0.4, 0.5) is 32.0 Å². The van der Waals surface area contributed by atoms with Gasteiger partial charge in [0.05, 0.1) is 11.5 Å². The average Bonchev–Trinajstić information content (AvgIpc) is 3.16. The zero-order valence-electron chi connectivity index (χ0n) is 21.8. The van der Waals surface area contributed by atoms with Crippen LogP contribution in [0.15, 0.2) is 46.1 Å². The van der Waals surface area contributed by atoms with E-state index < -0.39 is 51.5 Å². The molecule has 0 saturated carbocycles. The molecule has 0 amide bonds. The molecular formula is C25H28BF6N2O3Si-. The lowest BCUT2D eigenvalue weighted by atomic mass is 9.69. The van der Waals surface area contributed by atoms with Crippen LogP contribution in [0.1, 0.15) is 33.3 Å². The highest BCUT2D eigenvalue weighted by atomic mass is 28.3. The molecule has 3 aliphatic heterocycles. The number of benzene rings is 1. The van der Waals surface area contributed by atoms with E-state index in [2.05, 4.69) is 10.3 Å². The van der Waals surface area contributed by atoms with E-state index in [0.717, 1.165) is 15.9 Å². The topological polar surface area (TPSA) is 52.1 Å². The summed E-state index contributed by atoms with van der Waals surface area (Å²) in [4.78, 5) is 3.72. The monoisotopic (exact) mass is 557 g/mol. The Morgan fingerprint density at radius 2 is 1.58 bits per heavy atom. The minimum atomic E-state index is -4.45. The molecular weight excluding hydrogens is 529 g/mol. The van der Waals surface area contributed by atoms with Gasteiger partial charge < -0.3 is 19.3 Å². The van der Waals surface area contributed by atoms with Gasteiger partial charge in [0, 0.05) is 22.5 Å². The van der Waals surface area contributed by atoms with Gasteiger partial charge in [-0.3, -0.25) is 4.99 Å². The highest BCUT2D eigenvalue weighted by molar-refractivity contribution is 6.99. The Morgan fingerprint density at radius 1 is 0.947 bits per heavy atom. The summed E-state index contributed by atoms with van der Waals surface area (Å²) in [6.07, 6.45) is -4.05. The van der Waals surface area contributed by atoms with Gasteiger partial charge in [-0.2, -0.15) is 26.3 Å². The number of hydrogen-bond donors (Lipinski definition) is 1. The van der Waals surface area contributed by atoms with E-state index in [1.165, 1.54) is 6.08 Å². The lowest BCUT2D eigenvalue weighted by Gasteiger charge is -2.37. The number of halogens is 6. The average molecular weight is 557 g/mol. The normalized spacial score (nSPS) is 24.8. The molecule has 38 heavy (non-hydrogen) atoms. The highest BCUT2D eigenvalue weighted by Gasteiger charge is 2.60. The number of allylic oxidation sites excluding steroid dienone is 5. The smallest absolute Gasteiger partial charge is 0.467 e. The van der Waals surface area contributed by atoms with Gasteiger partial charge in [-0.15, -0.1) is 0 Å². The number of hydrogen-bond acceptors (Lipinski definition) is 5. The molecule has 0 unspecified atom stereocenters. The van der Waals surface area contributed by atoms with Gasteiger partial charge in [0.15, 0.2) is 0 Å². The third-order valence-corrected chi connectivity index (χ3v) is 11.4. The Morgan fingerprint density at radius 3 is 2.16 bits per heavy atom. The van der Waals surface area contributed by atoms with Crippen molar-refractivity contribution in [3.63, 3.8) is 0 Å². The van der Waals surface area contributed by atoms with Gasteiger partial charge in [-0.1, -0.05) is 24.6 Å². The number of nitrogens with zero attached hydrogens (tertiary/aromatic N) is 1. The van der Waals surface area contributed by atoms with Crippen molar-refractivity contribution in [3.8, 4) is 0 Å². The first-order valence-electron chi connectivity index (χ1n) is 12.2. The Bertz CT molecular complexity index is 1330. The van der Waals surface area contributed by atoms with Crippen LogP contribution in [0.5, 0.6) is 0 Å². The lowest BCUT2D eigenvalue weighted by Crippen LogP contribution is -2.54. The highest BCUT2D eigenvalue weighted by Crippen LogP contribution is 2.50. The second kappa shape index (κ2) is 8.01. The number of aliphatic imine (C=N–C) groups is 1. The second-order valence-electron chi connectivity index (χ2n) is 11.6. The molecule has 0 atom stereocenters. The molecule has 1 fully saturated rings. The van der Waals surface area contributed by atoms with Crippen LogP contribution in [0.25, 0.3) is 5.76 Å². The summed E-state index contributed by atoms with van der Waals surface area (Å²) >= 11 is 0. The van der Waals surface area contributed by atoms with E-state index in [0.29, 0.717) is 16.8 Å². The third kappa shape index (κ3) is 4.32. The second-order valence-corrected chi connectivity index (χ2v) is 15.9. The molecule has 4 aliphatic rings. The molecule has 1 aliphatic carbocycles. The van der Waals surface area contributed by atoms with E-state index in [9.17, 15) is 26.3 Å². The predicted molar refractivity (Wildman–Crippen MR) is 137 cm³/mol. The van der Waals surface area contributed by atoms with E-state index in [4.69, 9.17) is 14.0 Å². The number of nitrogens with one attached hydrogen (secondary N) is 1. The van der Waals surface area contributed by atoms with E-state index in [-0.39, 0.29) is 11.4 Å². The molecule has 13 heteroatoms. The van der Waals surface area contributed by atoms with Crippen LogP contribution in [-0.2, 0) is 14.0 Å². The maximum atomic E-state index is 13.1. The summed E-state index contributed by atoms with van der Waals surface area (Å²) in [7, 11) is -2.68. The van der Waals surface area contributed by atoms with E-state index >= 15 is 0 Å². The summed E-state index contributed by atoms with van der Waals surface area (Å²) in [5.41, 5.74) is 0.771. The summed E-state index contributed by atoms with van der Waals surface area (Å²) in [6, 6.07) is 3.28. The fraction of sp³-hybridized carbons (Fsp3) is 0.480. The van der Waals surface area contributed by atoms with Gasteiger partial charge in [-0.25, -0.2) is 0 Å². The minimum absolute atomic E-state index is 0.172. The van der Waals surface area contributed by atoms with Crippen molar-refractivity contribution < 1.29 is 40.3 Å². The molecule has 1 aromatic carbocycles. The SMILES string of the molecule is CC1(C)O[B-]2(OC3=C4C=CC(=NCC(F)(F)F)C=C4[Si](C)(C)c4cc(NCC(F)(F)F)cc2c43)OC1(C)C. The van der Waals surface area contributed by atoms with Gasteiger partial charge >= 0.3 is 19.1 Å². The molecule has 206 valence electrons. The van der Waals surface area contributed by atoms with Gasteiger partial charge in [0.25, 0.3) is 0 Å². The molecule has 0 aromatic heterocycles. The zero-order valence-corrected chi connectivity index (χ0v) is 22.8. The Kier molecular flexibility index (Phi) is 5.71. The maximum absolute atomic E-state index is 13.1. The predicted octanol–water partition coefficient (Wildman–Crippen LogP) is 5.12. The number of alkyl halides is 6. The summed E-state index contributed by atoms with van der Waals surface area (Å²) in [5.74, 6) is 0.454.